The van der Waals surface area contributed by atoms with E-state index in [9.17, 15) is 0 Å². The number of nitrogens with zero attached hydrogens (tertiary/aromatic N) is 3. The Kier molecular flexibility index (Phi) is 6.29. The van der Waals surface area contributed by atoms with Crippen LogP contribution in [0.25, 0.3) is 0 Å². The number of anilines is 2. The fourth-order valence-electron chi connectivity index (χ4n) is 5.09. The maximum Gasteiger partial charge on any atom is 0.158 e. The highest BCUT2D eigenvalue weighted by atomic mass is 15.4. The van der Waals surface area contributed by atoms with Gasteiger partial charge in [0.25, 0.3) is 0 Å². The van der Waals surface area contributed by atoms with Crippen LogP contribution in [0.1, 0.15) is 86.2 Å². The van der Waals surface area contributed by atoms with Gasteiger partial charge in [-0.25, -0.2) is 0 Å². The molecule has 1 aliphatic heterocycles. The van der Waals surface area contributed by atoms with Crippen LogP contribution in [-0.4, -0.2) is 16.3 Å². The number of fused-ring (bicyclic) bond motifs is 1. The second-order valence-electron chi connectivity index (χ2n) is 8.44. The molecule has 0 spiro atoms. The van der Waals surface area contributed by atoms with Crippen LogP contribution in [0.4, 0.5) is 11.5 Å². The fraction of sp³-hybridized carbons (Fsp3) is 0.625. The predicted molar refractivity (Wildman–Crippen MR) is 116 cm³/mol. The van der Waals surface area contributed by atoms with E-state index in [4.69, 9.17) is 5.10 Å². The molecular formula is C24H37N3. The molecule has 3 nitrogen and oxygen atoms in total. The van der Waals surface area contributed by atoms with E-state index >= 15 is 0 Å². The third kappa shape index (κ3) is 3.93. The molecule has 0 fully saturated rings. The lowest BCUT2D eigenvalue weighted by molar-refractivity contribution is 0.501. The van der Waals surface area contributed by atoms with Crippen molar-refractivity contribution < 1.29 is 0 Å². The number of hydrogen-bond donors (Lipinski definition) is 0. The molecule has 0 radical (unpaired) electrons. The number of benzene rings is 1. The molecule has 1 aliphatic rings. The first-order valence-electron chi connectivity index (χ1n) is 10.9. The van der Waals surface area contributed by atoms with Crippen LogP contribution in [0.15, 0.2) is 12.1 Å². The molecule has 3 heteroatoms. The van der Waals surface area contributed by atoms with Crippen molar-refractivity contribution >= 4 is 11.5 Å². The van der Waals surface area contributed by atoms with Crippen LogP contribution in [0.5, 0.6) is 0 Å². The zero-order valence-electron chi connectivity index (χ0n) is 18.2. The number of aryl methyl sites for hydroxylation is 4. The Morgan fingerprint density at radius 3 is 2.37 bits per heavy atom. The highest BCUT2D eigenvalue weighted by molar-refractivity contribution is 5.71. The summed E-state index contributed by atoms with van der Waals surface area (Å²) in [6.45, 7) is 12.4. The number of unbranched alkanes of at least 4 members (excludes halogenated alkanes) is 1. The Morgan fingerprint density at radius 2 is 1.74 bits per heavy atom. The zero-order valence-corrected chi connectivity index (χ0v) is 18.2. The van der Waals surface area contributed by atoms with E-state index in [0.717, 1.165) is 6.54 Å². The highest BCUT2D eigenvalue weighted by Crippen LogP contribution is 2.41. The first-order valence-corrected chi connectivity index (χ1v) is 10.9. The van der Waals surface area contributed by atoms with Gasteiger partial charge in [0.1, 0.15) is 0 Å². The lowest BCUT2D eigenvalue weighted by Gasteiger charge is -2.31. The Labute approximate surface area is 165 Å². The van der Waals surface area contributed by atoms with Gasteiger partial charge in [-0.3, -0.25) is 4.68 Å². The molecule has 0 bridgehead atoms. The van der Waals surface area contributed by atoms with Crippen molar-refractivity contribution in [3.8, 4) is 0 Å². The Balaban J connectivity index is 2.05. The van der Waals surface area contributed by atoms with E-state index in [1.807, 2.05) is 0 Å². The molecule has 1 unspecified atom stereocenters. The van der Waals surface area contributed by atoms with Crippen LogP contribution in [0.2, 0.25) is 0 Å². The number of aromatic nitrogens is 2. The van der Waals surface area contributed by atoms with Gasteiger partial charge in [-0.2, -0.15) is 5.10 Å². The topological polar surface area (TPSA) is 21.1 Å². The maximum atomic E-state index is 5.07. The normalized spacial score (nSPS) is 15.1. The van der Waals surface area contributed by atoms with Gasteiger partial charge in [-0.1, -0.05) is 50.8 Å². The van der Waals surface area contributed by atoms with Crippen molar-refractivity contribution in [2.24, 2.45) is 7.05 Å². The molecule has 0 saturated carbocycles. The van der Waals surface area contributed by atoms with E-state index < -0.39 is 0 Å². The summed E-state index contributed by atoms with van der Waals surface area (Å²) in [6, 6.07) is 4.61. The van der Waals surface area contributed by atoms with Crippen molar-refractivity contribution in [3.63, 3.8) is 0 Å². The van der Waals surface area contributed by atoms with Crippen LogP contribution in [0.3, 0.4) is 0 Å². The lowest BCUT2D eigenvalue weighted by atomic mass is 9.89. The molecule has 1 aromatic heterocycles. The summed E-state index contributed by atoms with van der Waals surface area (Å²) in [7, 11) is 2.16. The van der Waals surface area contributed by atoms with Gasteiger partial charge < -0.3 is 4.90 Å². The molecule has 0 saturated heterocycles. The van der Waals surface area contributed by atoms with E-state index in [2.05, 4.69) is 63.4 Å². The summed E-state index contributed by atoms with van der Waals surface area (Å²) in [5.41, 5.74) is 8.46. The average molecular weight is 368 g/mol. The molecule has 0 amide bonds. The molecule has 0 aliphatic carbocycles. The van der Waals surface area contributed by atoms with Gasteiger partial charge in [-0.15, -0.1) is 0 Å². The van der Waals surface area contributed by atoms with Crippen molar-refractivity contribution in [3.05, 3.63) is 40.1 Å². The molecule has 2 aromatic rings. The fourth-order valence-corrected chi connectivity index (χ4v) is 5.09. The van der Waals surface area contributed by atoms with Crippen molar-refractivity contribution in [1.82, 2.24) is 9.78 Å². The number of hydrogen-bond acceptors (Lipinski definition) is 2. The summed E-state index contributed by atoms with van der Waals surface area (Å²) in [5.74, 6) is 1.86. The third-order valence-electron chi connectivity index (χ3n) is 6.07. The smallest absolute Gasteiger partial charge is 0.158 e. The standard InChI is InChI=1S/C24H37N3/c1-7-9-12-20(11-8-2)23-21-13-10-14-27(24(21)25-26(23)6)22-18(4)15-17(3)16-19(22)5/h15-16,20H,7-14H2,1-6H3. The zero-order chi connectivity index (χ0) is 19.6. The summed E-state index contributed by atoms with van der Waals surface area (Å²) in [4.78, 5) is 2.50. The largest absolute Gasteiger partial charge is 0.324 e. The monoisotopic (exact) mass is 367 g/mol. The molecule has 1 atom stereocenters. The molecule has 1 aromatic carbocycles. The Bertz CT molecular complexity index is 764. The average Bonchev–Trinajstić information content (AvgIpc) is 2.94. The first kappa shape index (κ1) is 20.0. The maximum absolute atomic E-state index is 5.07. The van der Waals surface area contributed by atoms with Crippen molar-refractivity contribution in [2.75, 3.05) is 11.4 Å². The van der Waals surface area contributed by atoms with Gasteiger partial charge in [0.15, 0.2) is 5.82 Å². The van der Waals surface area contributed by atoms with Crippen LogP contribution >= 0.6 is 0 Å². The van der Waals surface area contributed by atoms with E-state index in [-0.39, 0.29) is 0 Å². The molecule has 0 N–H and O–H groups in total. The summed E-state index contributed by atoms with van der Waals surface area (Å²) in [6.07, 6.45) is 8.77. The minimum atomic E-state index is 0.649. The van der Waals surface area contributed by atoms with Crippen LogP contribution in [0, 0.1) is 20.8 Å². The second-order valence-corrected chi connectivity index (χ2v) is 8.44. The summed E-state index contributed by atoms with van der Waals surface area (Å²) >= 11 is 0. The minimum Gasteiger partial charge on any atom is -0.324 e. The van der Waals surface area contributed by atoms with Gasteiger partial charge in [-0.05, 0) is 57.6 Å². The lowest BCUT2D eigenvalue weighted by Crippen LogP contribution is -2.26. The number of rotatable bonds is 7. The van der Waals surface area contributed by atoms with E-state index in [0.29, 0.717) is 5.92 Å². The predicted octanol–water partition coefficient (Wildman–Crippen LogP) is 6.50. The highest BCUT2D eigenvalue weighted by Gasteiger charge is 2.30. The SMILES string of the molecule is CCCCC(CCC)c1c2c(nn1C)N(c1c(C)cc(C)cc1C)CCC2. The summed E-state index contributed by atoms with van der Waals surface area (Å²) < 4.78 is 2.21. The molecule has 148 valence electrons. The van der Waals surface area contributed by atoms with Crippen molar-refractivity contribution in [2.45, 2.75) is 85.5 Å². The molecule has 2 heterocycles. The Morgan fingerprint density at radius 1 is 1.04 bits per heavy atom. The second kappa shape index (κ2) is 8.50. The molecule has 27 heavy (non-hydrogen) atoms. The van der Waals surface area contributed by atoms with Crippen LogP contribution in [-0.2, 0) is 13.5 Å². The van der Waals surface area contributed by atoms with Gasteiger partial charge >= 0.3 is 0 Å². The first-order chi connectivity index (χ1) is 13.0. The Hall–Kier alpha value is -1.77. The minimum absolute atomic E-state index is 0.649. The van der Waals surface area contributed by atoms with Gasteiger partial charge in [0.2, 0.25) is 0 Å². The van der Waals surface area contributed by atoms with E-state index in [1.165, 1.54) is 84.4 Å². The summed E-state index contributed by atoms with van der Waals surface area (Å²) in [5, 5.41) is 5.07. The van der Waals surface area contributed by atoms with E-state index in [1.54, 1.807) is 0 Å². The molecular weight excluding hydrogens is 330 g/mol. The van der Waals surface area contributed by atoms with Crippen LogP contribution < -0.4 is 4.90 Å². The third-order valence-corrected chi connectivity index (χ3v) is 6.07. The van der Waals surface area contributed by atoms with Gasteiger partial charge in [0, 0.05) is 36.5 Å². The quantitative estimate of drug-likeness (QED) is 0.556. The van der Waals surface area contributed by atoms with Crippen molar-refractivity contribution in [1.29, 1.82) is 0 Å². The van der Waals surface area contributed by atoms with Gasteiger partial charge in [0.05, 0.1) is 0 Å². The molecule has 3 rings (SSSR count).